The normalized spacial score (nSPS) is 15.4. The zero-order valence-corrected chi connectivity index (χ0v) is 16.3. The number of aromatic nitrogens is 2. The zero-order valence-electron chi connectivity index (χ0n) is 14.7. The van der Waals surface area contributed by atoms with Gasteiger partial charge in [0.1, 0.15) is 10.6 Å². The number of nitrogens with zero attached hydrogens (tertiary/aromatic N) is 2. The van der Waals surface area contributed by atoms with Gasteiger partial charge in [-0.2, -0.15) is 11.8 Å². The van der Waals surface area contributed by atoms with Crippen molar-refractivity contribution in [2.45, 2.75) is 50.0 Å². The van der Waals surface area contributed by atoms with Crippen LogP contribution in [-0.4, -0.2) is 21.4 Å². The number of aryl methyl sites for hydroxylation is 1. The first-order valence-electron chi connectivity index (χ1n) is 8.94. The number of anilines is 1. The van der Waals surface area contributed by atoms with Crippen LogP contribution in [0.1, 0.15) is 53.2 Å². The number of hydrogen-bond acceptors (Lipinski definition) is 6. The van der Waals surface area contributed by atoms with Crippen molar-refractivity contribution < 1.29 is 9.21 Å². The molecule has 1 saturated carbocycles. The van der Waals surface area contributed by atoms with Crippen LogP contribution < -0.4 is 5.32 Å². The highest BCUT2D eigenvalue weighted by Gasteiger charge is 2.23. The standard InChI is InChI=1S/C19H21N3O2S2/c1-12-21-22-19(26-12)20-18(23)17-15(11-25-13-7-3-2-4-8-13)14-9-5-6-10-16(14)24-17/h5-6,9-10,13H,2-4,7-8,11H2,1H3,(H,20,22,23). The number of thioether (sulfide) groups is 1. The van der Waals surface area contributed by atoms with Crippen LogP contribution in [0.5, 0.6) is 0 Å². The van der Waals surface area contributed by atoms with E-state index in [2.05, 4.69) is 15.5 Å². The molecule has 136 valence electrons. The minimum atomic E-state index is -0.253. The van der Waals surface area contributed by atoms with Crippen molar-refractivity contribution in [3.8, 4) is 0 Å². The Bertz CT molecular complexity index is 913. The molecule has 4 rings (SSSR count). The molecule has 5 nitrogen and oxygen atoms in total. The Labute approximate surface area is 160 Å². The van der Waals surface area contributed by atoms with E-state index in [1.807, 2.05) is 43.0 Å². The van der Waals surface area contributed by atoms with Gasteiger partial charge in [-0.3, -0.25) is 10.1 Å². The van der Waals surface area contributed by atoms with Crippen molar-refractivity contribution in [3.05, 3.63) is 40.6 Å². The van der Waals surface area contributed by atoms with E-state index in [0.29, 0.717) is 16.1 Å². The van der Waals surface area contributed by atoms with E-state index in [1.165, 1.54) is 43.4 Å². The molecule has 1 N–H and O–H groups in total. The van der Waals surface area contributed by atoms with Crippen molar-refractivity contribution in [2.75, 3.05) is 5.32 Å². The smallest absolute Gasteiger partial charge is 0.293 e. The first-order valence-corrected chi connectivity index (χ1v) is 10.8. The van der Waals surface area contributed by atoms with Crippen LogP contribution in [0.25, 0.3) is 11.0 Å². The average molecular weight is 388 g/mol. The molecule has 26 heavy (non-hydrogen) atoms. The maximum atomic E-state index is 12.8. The van der Waals surface area contributed by atoms with Crippen molar-refractivity contribution in [3.63, 3.8) is 0 Å². The molecule has 1 aliphatic rings. The minimum absolute atomic E-state index is 0.253. The van der Waals surface area contributed by atoms with Crippen LogP contribution in [0.15, 0.2) is 28.7 Å². The van der Waals surface area contributed by atoms with Crippen LogP contribution in [0.3, 0.4) is 0 Å². The van der Waals surface area contributed by atoms with E-state index in [-0.39, 0.29) is 5.91 Å². The summed E-state index contributed by atoms with van der Waals surface area (Å²) < 4.78 is 5.91. The van der Waals surface area contributed by atoms with E-state index < -0.39 is 0 Å². The number of fused-ring (bicyclic) bond motifs is 1. The van der Waals surface area contributed by atoms with Gasteiger partial charge in [-0.1, -0.05) is 48.8 Å². The molecule has 0 saturated heterocycles. The number of nitrogens with one attached hydrogen (secondary N) is 1. The number of para-hydroxylation sites is 1. The lowest BCUT2D eigenvalue weighted by molar-refractivity contribution is 0.0997. The van der Waals surface area contributed by atoms with Gasteiger partial charge in [0, 0.05) is 22.0 Å². The summed E-state index contributed by atoms with van der Waals surface area (Å²) in [5.41, 5.74) is 1.74. The van der Waals surface area contributed by atoms with E-state index in [1.54, 1.807) is 0 Å². The Morgan fingerprint density at radius 2 is 2.08 bits per heavy atom. The third-order valence-electron chi connectivity index (χ3n) is 4.67. The van der Waals surface area contributed by atoms with Gasteiger partial charge in [-0.25, -0.2) is 0 Å². The monoisotopic (exact) mass is 387 g/mol. The molecule has 0 bridgehead atoms. The van der Waals surface area contributed by atoms with Crippen LogP contribution in [0.4, 0.5) is 5.13 Å². The van der Waals surface area contributed by atoms with Crippen molar-refractivity contribution >= 4 is 45.1 Å². The lowest BCUT2D eigenvalue weighted by Gasteiger charge is -2.20. The van der Waals surface area contributed by atoms with Crippen molar-refractivity contribution in [1.29, 1.82) is 0 Å². The fourth-order valence-electron chi connectivity index (χ4n) is 3.36. The molecule has 0 unspecified atom stereocenters. The second-order valence-electron chi connectivity index (χ2n) is 6.56. The summed E-state index contributed by atoms with van der Waals surface area (Å²) in [4.78, 5) is 12.8. The Morgan fingerprint density at radius 1 is 1.27 bits per heavy atom. The Morgan fingerprint density at radius 3 is 2.85 bits per heavy atom. The van der Waals surface area contributed by atoms with Gasteiger partial charge in [-0.05, 0) is 25.8 Å². The molecular weight excluding hydrogens is 366 g/mol. The highest BCUT2D eigenvalue weighted by Crippen LogP contribution is 2.35. The fraction of sp³-hybridized carbons (Fsp3) is 0.421. The summed E-state index contributed by atoms with van der Waals surface area (Å²) in [5.74, 6) is 0.929. The summed E-state index contributed by atoms with van der Waals surface area (Å²) in [6, 6.07) is 7.86. The largest absolute Gasteiger partial charge is 0.451 e. The zero-order chi connectivity index (χ0) is 17.9. The van der Waals surface area contributed by atoms with Crippen LogP contribution in [0, 0.1) is 6.92 Å². The number of amides is 1. The summed E-state index contributed by atoms with van der Waals surface area (Å²) in [5, 5.41) is 13.8. The summed E-state index contributed by atoms with van der Waals surface area (Å²) >= 11 is 3.31. The summed E-state index contributed by atoms with van der Waals surface area (Å²) in [6.45, 7) is 1.86. The number of benzene rings is 1. The number of carbonyl (C=O) groups is 1. The molecule has 1 amide bonds. The Hall–Kier alpha value is -1.86. The number of carbonyl (C=O) groups excluding carboxylic acids is 1. The lowest BCUT2D eigenvalue weighted by Crippen LogP contribution is -2.13. The predicted octanol–water partition coefficient (Wildman–Crippen LogP) is 5.41. The first kappa shape index (κ1) is 17.5. The number of furan rings is 1. The van der Waals surface area contributed by atoms with Crippen molar-refractivity contribution in [2.24, 2.45) is 0 Å². The van der Waals surface area contributed by atoms with Gasteiger partial charge < -0.3 is 4.42 Å². The molecule has 2 aromatic heterocycles. The summed E-state index contributed by atoms with van der Waals surface area (Å²) in [6.07, 6.45) is 6.51. The molecule has 0 radical (unpaired) electrons. The molecule has 1 aromatic carbocycles. The second kappa shape index (κ2) is 7.80. The SMILES string of the molecule is Cc1nnc(NC(=O)c2oc3ccccc3c2CSC2CCCCC2)s1. The molecule has 0 spiro atoms. The highest BCUT2D eigenvalue weighted by atomic mass is 32.2. The van der Waals surface area contributed by atoms with Gasteiger partial charge in [0.2, 0.25) is 5.13 Å². The van der Waals surface area contributed by atoms with Gasteiger partial charge >= 0.3 is 0 Å². The van der Waals surface area contributed by atoms with Crippen LogP contribution >= 0.6 is 23.1 Å². The number of hydrogen-bond donors (Lipinski definition) is 1. The van der Waals surface area contributed by atoms with E-state index >= 15 is 0 Å². The third kappa shape index (κ3) is 3.78. The third-order valence-corrected chi connectivity index (χ3v) is 6.82. The van der Waals surface area contributed by atoms with Gasteiger partial charge in [0.05, 0.1) is 0 Å². The maximum absolute atomic E-state index is 12.8. The van der Waals surface area contributed by atoms with Crippen LogP contribution in [-0.2, 0) is 5.75 Å². The number of rotatable bonds is 5. The van der Waals surface area contributed by atoms with E-state index in [4.69, 9.17) is 4.42 Å². The molecule has 2 heterocycles. The molecular formula is C19H21N3O2S2. The van der Waals surface area contributed by atoms with E-state index in [0.717, 1.165) is 27.3 Å². The Balaban J connectivity index is 1.59. The van der Waals surface area contributed by atoms with Gasteiger partial charge in [0.25, 0.3) is 5.91 Å². The lowest BCUT2D eigenvalue weighted by atomic mass is 10.0. The molecule has 7 heteroatoms. The molecule has 0 atom stereocenters. The maximum Gasteiger partial charge on any atom is 0.293 e. The molecule has 0 aliphatic heterocycles. The second-order valence-corrected chi connectivity index (χ2v) is 9.03. The van der Waals surface area contributed by atoms with Crippen molar-refractivity contribution in [1.82, 2.24) is 10.2 Å². The highest BCUT2D eigenvalue weighted by molar-refractivity contribution is 7.99. The quantitative estimate of drug-likeness (QED) is 0.634. The van der Waals surface area contributed by atoms with Gasteiger partial charge in [0.15, 0.2) is 5.76 Å². The average Bonchev–Trinajstić information content (AvgIpc) is 3.24. The fourth-order valence-corrected chi connectivity index (χ4v) is 5.30. The minimum Gasteiger partial charge on any atom is -0.451 e. The van der Waals surface area contributed by atoms with Crippen LogP contribution in [0.2, 0.25) is 0 Å². The Kier molecular flexibility index (Phi) is 5.26. The van der Waals surface area contributed by atoms with Gasteiger partial charge in [-0.15, -0.1) is 10.2 Å². The summed E-state index contributed by atoms with van der Waals surface area (Å²) in [7, 11) is 0. The molecule has 3 aromatic rings. The molecule has 1 fully saturated rings. The predicted molar refractivity (Wildman–Crippen MR) is 107 cm³/mol. The first-order chi connectivity index (χ1) is 12.7. The molecule has 1 aliphatic carbocycles. The topological polar surface area (TPSA) is 68.0 Å². The van der Waals surface area contributed by atoms with E-state index in [9.17, 15) is 4.79 Å².